The van der Waals surface area contributed by atoms with Crippen LogP contribution in [0.5, 0.6) is 0 Å². The summed E-state index contributed by atoms with van der Waals surface area (Å²) in [5, 5.41) is 9.67. The van der Waals surface area contributed by atoms with E-state index in [0.29, 0.717) is 24.3 Å². The van der Waals surface area contributed by atoms with Crippen LogP contribution in [0.25, 0.3) is 0 Å². The van der Waals surface area contributed by atoms with Crippen molar-refractivity contribution < 1.29 is 9.50 Å². The van der Waals surface area contributed by atoms with Crippen molar-refractivity contribution in [3.05, 3.63) is 29.6 Å². The van der Waals surface area contributed by atoms with Gasteiger partial charge in [-0.2, -0.15) is 0 Å². The molecule has 0 saturated heterocycles. The minimum Gasteiger partial charge on any atom is -0.389 e. The minimum absolute atomic E-state index is 0.341. The lowest BCUT2D eigenvalue weighted by atomic mass is 10.1. The summed E-state index contributed by atoms with van der Waals surface area (Å²) in [7, 11) is 0. The highest BCUT2D eigenvalue weighted by Crippen LogP contribution is 2.29. The first kappa shape index (κ1) is 13.5. The number of halogens is 1. The Hall–Kier alpha value is -1.53. The first-order valence-electron chi connectivity index (χ1n) is 5.76. The van der Waals surface area contributed by atoms with E-state index in [1.54, 1.807) is 24.0 Å². The van der Waals surface area contributed by atoms with Crippen LogP contribution in [0.15, 0.2) is 18.2 Å². The van der Waals surface area contributed by atoms with E-state index < -0.39 is 6.10 Å². The Morgan fingerprint density at radius 2 is 2.24 bits per heavy atom. The number of aliphatic hydroxyl groups excluding tert-OH is 1. The van der Waals surface area contributed by atoms with Crippen LogP contribution in [0.3, 0.4) is 0 Å². The Bertz CT molecular complexity index is 409. The molecule has 1 rings (SSSR count). The molecule has 17 heavy (non-hydrogen) atoms. The number of terminal acetylenes is 1. The standard InChI is InChI=1S/C14H18FNO/c1-4-9-16(10-5-2)14-12(11(3)17)7-6-8-13(14)15/h1,6-8,11,17H,5,9-10H2,2-3H3. The van der Waals surface area contributed by atoms with Crippen molar-refractivity contribution in [2.45, 2.75) is 26.4 Å². The second-order valence-electron chi connectivity index (χ2n) is 3.98. The molecule has 1 aromatic rings. The second kappa shape index (κ2) is 6.27. The third-order valence-electron chi connectivity index (χ3n) is 2.56. The third-order valence-corrected chi connectivity index (χ3v) is 2.56. The molecule has 0 saturated carbocycles. The van der Waals surface area contributed by atoms with Crippen LogP contribution < -0.4 is 4.90 Å². The maximum absolute atomic E-state index is 13.9. The molecule has 0 radical (unpaired) electrons. The topological polar surface area (TPSA) is 23.5 Å². The van der Waals surface area contributed by atoms with Crippen LogP contribution in [-0.2, 0) is 0 Å². The largest absolute Gasteiger partial charge is 0.389 e. The normalized spacial score (nSPS) is 11.9. The highest BCUT2D eigenvalue weighted by molar-refractivity contribution is 5.56. The number of rotatable bonds is 5. The number of nitrogens with zero attached hydrogens (tertiary/aromatic N) is 1. The monoisotopic (exact) mass is 235 g/mol. The molecule has 2 nitrogen and oxygen atoms in total. The maximum Gasteiger partial charge on any atom is 0.146 e. The van der Waals surface area contributed by atoms with Crippen LogP contribution in [0, 0.1) is 18.2 Å². The van der Waals surface area contributed by atoms with E-state index >= 15 is 0 Å². The van der Waals surface area contributed by atoms with Gasteiger partial charge in [-0.25, -0.2) is 4.39 Å². The summed E-state index contributed by atoms with van der Waals surface area (Å²) in [6.45, 7) is 4.64. The van der Waals surface area contributed by atoms with E-state index in [2.05, 4.69) is 5.92 Å². The molecule has 0 aliphatic rings. The van der Waals surface area contributed by atoms with Gasteiger partial charge < -0.3 is 10.0 Å². The zero-order valence-electron chi connectivity index (χ0n) is 10.3. The minimum atomic E-state index is -0.710. The highest BCUT2D eigenvalue weighted by atomic mass is 19.1. The molecule has 0 heterocycles. The quantitative estimate of drug-likeness (QED) is 0.793. The number of hydrogen-bond acceptors (Lipinski definition) is 2. The van der Waals surface area contributed by atoms with E-state index in [9.17, 15) is 9.50 Å². The van der Waals surface area contributed by atoms with Crippen molar-refractivity contribution in [1.29, 1.82) is 0 Å². The molecular weight excluding hydrogens is 217 g/mol. The van der Waals surface area contributed by atoms with Gasteiger partial charge in [0.15, 0.2) is 0 Å². The lowest BCUT2D eigenvalue weighted by Gasteiger charge is -2.26. The summed E-state index contributed by atoms with van der Waals surface area (Å²) in [5.41, 5.74) is 0.996. The molecule has 3 heteroatoms. The predicted octanol–water partition coefficient (Wildman–Crippen LogP) is 2.73. The fourth-order valence-electron chi connectivity index (χ4n) is 1.85. The molecule has 92 valence electrons. The van der Waals surface area contributed by atoms with Crippen molar-refractivity contribution >= 4 is 5.69 Å². The van der Waals surface area contributed by atoms with Gasteiger partial charge in [-0.1, -0.05) is 25.0 Å². The summed E-state index contributed by atoms with van der Waals surface area (Å²) in [5.74, 6) is 2.18. The summed E-state index contributed by atoms with van der Waals surface area (Å²) in [6, 6.07) is 4.71. The summed E-state index contributed by atoms with van der Waals surface area (Å²) in [6.07, 6.45) is 5.46. The van der Waals surface area contributed by atoms with Crippen LogP contribution in [-0.4, -0.2) is 18.2 Å². The molecule has 1 atom stereocenters. The van der Waals surface area contributed by atoms with E-state index in [1.165, 1.54) is 6.07 Å². The molecule has 1 aromatic carbocycles. The number of anilines is 1. The van der Waals surface area contributed by atoms with Gasteiger partial charge in [0, 0.05) is 12.1 Å². The van der Waals surface area contributed by atoms with Gasteiger partial charge >= 0.3 is 0 Å². The lowest BCUT2D eigenvalue weighted by Crippen LogP contribution is -2.27. The van der Waals surface area contributed by atoms with Gasteiger partial charge in [-0.05, 0) is 19.4 Å². The molecule has 0 spiro atoms. The van der Waals surface area contributed by atoms with E-state index in [4.69, 9.17) is 6.42 Å². The Morgan fingerprint density at radius 1 is 1.53 bits per heavy atom. The van der Waals surface area contributed by atoms with Gasteiger partial charge in [-0.15, -0.1) is 6.42 Å². The van der Waals surface area contributed by atoms with Crippen molar-refractivity contribution in [3.8, 4) is 12.3 Å². The number of benzene rings is 1. The maximum atomic E-state index is 13.9. The Morgan fingerprint density at radius 3 is 2.76 bits per heavy atom. The van der Waals surface area contributed by atoms with E-state index in [-0.39, 0.29) is 5.82 Å². The summed E-state index contributed by atoms with van der Waals surface area (Å²) >= 11 is 0. The van der Waals surface area contributed by atoms with Gasteiger partial charge in [0.05, 0.1) is 18.3 Å². The number of para-hydroxylation sites is 1. The predicted molar refractivity (Wildman–Crippen MR) is 68.4 cm³/mol. The molecule has 0 amide bonds. The smallest absolute Gasteiger partial charge is 0.146 e. The zero-order valence-corrected chi connectivity index (χ0v) is 10.3. The Balaban J connectivity index is 3.20. The fraction of sp³-hybridized carbons (Fsp3) is 0.429. The molecule has 1 N–H and O–H groups in total. The van der Waals surface area contributed by atoms with Gasteiger partial charge in [0.2, 0.25) is 0 Å². The molecular formula is C14H18FNO. The van der Waals surface area contributed by atoms with Crippen LogP contribution in [0.2, 0.25) is 0 Å². The number of hydrogen-bond donors (Lipinski definition) is 1. The zero-order chi connectivity index (χ0) is 12.8. The molecule has 1 unspecified atom stereocenters. The van der Waals surface area contributed by atoms with Crippen molar-refractivity contribution in [2.75, 3.05) is 18.0 Å². The van der Waals surface area contributed by atoms with Gasteiger partial charge in [0.1, 0.15) is 5.82 Å². The van der Waals surface area contributed by atoms with Crippen LogP contribution in [0.1, 0.15) is 31.9 Å². The second-order valence-corrected chi connectivity index (χ2v) is 3.98. The number of aliphatic hydroxyl groups is 1. The SMILES string of the molecule is C#CCN(CCC)c1c(F)cccc1C(C)O. The highest BCUT2D eigenvalue weighted by Gasteiger charge is 2.17. The average Bonchev–Trinajstić information content (AvgIpc) is 2.28. The Kier molecular flexibility index (Phi) is 4.99. The van der Waals surface area contributed by atoms with Crippen molar-refractivity contribution in [1.82, 2.24) is 0 Å². The van der Waals surface area contributed by atoms with E-state index in [0.717, 1.165) is 6.42 Å². The first-order valence-corrected chi connectivity index (χ1v) is 5.76. The average molecular weight is 235 g/mol. The molecule has 0 aromatic heterocycles. The van der Waals surface area contributed by atoms with Crippen LogP contribution >= 0.6 is 0 Å². The van der Waals surface area contributed by atoms with Crippen molar-refractivity contribution in [3.63, 3.8) is 0 Å². The molecule has 0 aliphatic carbocycles. The fourth-order valence-corrected chi connectivity index (χ4v) is 1.85. The molecule has 0 aliphatic heterocycles. The molecule has 0 fully saturated rings. The summed E-state index contributed by atoms with van der Waals surface area (Å²) in [4.78, 5) is 1.79. The van der Waals surface area contributed by atoms with Crippen molar-refractivity contribution in [2.24, 2.45) is 0 Å². The van der Waals surface area contributed by atoms with Crippen LogP contribution in [0.4, 0.5) is 10.1 Å². The summed E-state index contributed by atoms with van der Waals surface area (Å²) < 4.78 is 13.9. The molecule has 0 bridgehead atoms. The Labute approximate surface area is 102 Å². The lowest BCUT2D eigenvalue weighted by molar-refractivity contribution is 0.199. The third kappa shape index (κ3) is 3.21. The van der Waals surface area contributed by atoms with Gasteiger partial charge in [-0.3, -0.25) is 0 Å². The first-order chi connectivity index (χ1) is 8.11. The van der Waals surface area contributed by atoms with E-state index in [1.807, 2.05) is 6.92 Å². The van der Waals surface area contributed by atoms with Gasteiger partial charge in [0.25, 0.3) is 0 Å².